The second-order valence-electron chi connectivity index (χ2n) is 7.71. The molecule has 7 heteroatoms. The standard InChI is InChI=1S/C19H26ClN3O3/c1-19(2,7-6-18(24)25)12-21-15-10-16-13(9-14(15)20)11-22-23(16)17-5-3-4-8-26-17/h9-11,17,21H,3-8,12H2,1-2H3,(H,24,25). The third-order valence-corrected chi connectivity index (χ3v) is 5.20. The number of carbonyl (C=O) groups is 1. The smallest absolute Gasteiger partial charge is 0.303 e. The molecule has 1 aromatic heterocycles. The zero-order valence-electron chi connectivity index (χ0n) is 15.3. The first-order valence-electron chi connectivity index (χ1n) is 9.10. The summed E-state index contributed by atoms with van der Waals surface area (Å²) in [6.07, 6.45) is 5.75. The van der Waals surface area contributed by atoms with Crippen molar-refractivity contribution in [1.29, 1.82) is 0 Å². The Bertz CT molecular complexity index is 782. The molecular formula is C19H26ClN3O3. The van der Waals surface area contributed by atoms with Crippen molar-refractivity contribution in [2.75, 3.05) is 18.5 Å². The van der Waals surface area contributed by atoms with Crippen LogP contribution in [-0.2, 0) is 9.53 Å². The van der Waals surface area contributed by atoms with Crippen molar-refractivity contribution in [1.82, 2.24) is 9.78 Å². The van der Waals surface area contributed by atoms with E-state index < -0.39 is 5.97 Å². The van der Waals surface area contributed by atoms with Crippen molar-refractivity contribution >= 4 is 34.2 Å². The fourth-order valence-corrected chi connectivity index (χ4v) is 3.45. The van der Waals surface area contributed by atoms with E-state index in [1.165, 1.54) is 0 Å². The second kappa shape index (κ2) is 7.84. The SMILES string of the molecule is CC(C)(CCC(=O)O)CNc1cc2c(cnn2C2CCCCO2)cc1Cl. The lowest BCUT2D eigenvalue weighted by molar-refractivity contribution is -0.137. The average Bonchev–Trinajstić information content (AvgIpc) is 3.01. The molecule has 1 aliphatic heterocycles. The van der Waals surface area contributed by atoms with Crippen molar-refractivity contribution in [2.24, 2.45) is 5.41 Å². The predicted molar refractivity (Wildman–Crippen MR) is 103 cm³/mol. The molecule has 0 bridgehead atoms. The van der Waals surface area contributed by atoms with E-state index in [0.29, 0.717) is 18.0 Å². The van der Waals surface area contributed by atoms with Crippen LogP contribution in [0.1, 0.15) is 52.2 Å². The number of ether oxygens (including phenoxy) is 1. The van der Waals surface area contributed by atoms with E-state index in [4.69, 9.17) is 21.4 Å². The number of nitrogens with zero attached hydrogens (tertiary/aromatic N) is 2. The van der Waals surface area contributed by atoms with E-state index in [0.717, 1.165) is 42.5 Å². The van der Waals surface area contributed by atoms with Gasteiger partial charge >= 0.3 is 5.97 Å². The van der Waals surface area contributed by atoms with Gasteiger partial charge < -0.3 is 15.2 Å². The number of aromatic nitrogens is 2. The highest BCUT2D eigenvalue weighted by atomic mass is 35.5. The predicted octanol–water partition coefficient (Wildman–Crippen LogP) is 4.69. The summed E-state index contributed by atoms with van der Waals surface area (Å²) in [4.78, 5) is 10.8. The zero-order valence-corrected chi connectivity index (χ0v) is 16.1. The minimum atomic E-state index is -0.770. The topological polar surface area (TPSA) is 76.4 Å². The van der Waals surface area contributed by atoms with Crippen LogP contribution in [0.2, 0.25) is 5.02 Å². The molecule has 6 nitrogen and oxygen atoms in total. The molecule has 1 aromatic carbocycles. The number of hydrogen-bond donors (Lipinski definition) is 2. The van der Waals surface area contributed by atoms with Crippen LogP contribution in [0.5, 0.6) is 0 Å². The van der Waals surface area contributed by atoms with Crippen molar-refractivity contribution in [3.8, 4) is 0 Å². The molecule has 0 aliphatic carbocycles. The summed E-state index contributed by atoms with van der Waals surface area (Å²) in [5.74, 6) is -0.770. The number of carboxylic acids is 1. The molecule has 2 aromatic rings. The number of halogens is 1. The van der Waals surface area contributed by atoms with Crippen LogP contribution in [0, 0.1) is 5.41 Å². The van der Waals surface area contributed by atoms with E-state index in [2.05, 4.69) is 24.3 Å². The Kier molecular flexibility index (Phi) is 5.73. The minimum Gasteiger partial charge on any atom is -0.481 e. The molecule has 1 aliphatic rings. The maximum Gasteiger partial charge on any atom is 0.303 e. The normalized spacial score (nSPS) is 18.2. The van der Waals surface area contributed by atoms with Crippen LogP contribution >= 0.6 is 11.6 Å². The largest absolute Gasteiger partial charge is 0.481 e. The Morgan fingerprint density at radius 1 is 1.46 bits per heavy atom. The van der Waals surface area contributed by atoms with Gasteiger partial charge in [-0.25, -0.2) is 4.68 Å². The highest BCUT2D eigenvalue weighted by molar-refractivity contribution is 6.34. The van der Waals surface area contributed by atoms with Gasteiger partial charge in [0, 0.05) is 25.0 Å². The molecule has 0 spiro atoms. The lowest BCUT2D eigenvalue weighted by Crippen LogP contribution is -2.24. The second-order valence-corrected chi connectivity index (χ2v) is 8.12. The monoisotopic (exact) mass is 379 g/mol. The summed E-state index contributed by atoms with van der Waals surface area (Å²) >= 11 is 6.43. The molecule has 26 heavy (non-hydrogen) atoms. The molecular weight excluding hydrogens is 354 g/mol. The number of rotatable bonds is 7. The molecule has 1 fully saturated rings. The summed E-state index contributed by atoms with van der Waals surface area (Å²) in [6.45, 7) is 5.51. The summed E-state index contributed by atoms with van der Waals surface area (Å²) in [5.41, 5.74) is 1.68. The van der Waals surface area contributed by atoms with Crippen LogP contribution in [0.3, 0.4) is 0 Å². The highest BCUT2D eigenvalue weighted by Crippen LogP contribution is 2.33. The number of hydrogen-bond acceptors (Lipinski definition) is 4. The van der Waals surface area contributed by atoms with Gasteiger partial charge in [0.15, 0.2) is 6.23 Å². The van der Waals surface area contributed by atoms with Gasteiger partial charge in [-0.2, -0.15) is 5.10 Å². The van der Waals surface area contributed by atoms with E-state index in [-0.39, 0.29) is 18.1 Å². The van der Waals surface area contributed by atoms with Gasteiger partial charge in [-0.1, -0.05) is 25.4 Å². The molecule has 0 radical (unpaired) electrons. The van der Waals surface area contributed by atoms with E-state index in [9.17, 15) is 4.79 Å². The highest BCUT2D eigenvalue weighted by Gasteiger charge is 2.21. The summed E-state index contributed by atoms with van der Waals surface area (Å²) in [5, 5.41) is 18.4. The summed E-state index contributed by atoms with van der Waals surface area (Å²) < 4.78 is 7.80. The fraction of sp³-hybridized carbons (Fsp3) is 0.579. The molecule has 2 N–H and O–H groups in total. The van der Waals surface area contributed by atoms with Gasteiger partial charge in [0.2, 0.25) is 0 Å². The first-order valence-corrected chi connectivity index (χ1v) is 9.47. The number of fused-ring (bicyclic) bond motifs is 1. The Balaban J connectivity index is 1.77. The van der Waals surface area contributed by atoms with Crippen molar-refractivity contribution in [2.45, 2.75) is 52.2 Å². The number of benzene rings is 1. The third-order valence-electron chi connectivity index (χ3n) is 4.89. The van der Waals surface area contributed by atoms with Gasteiger partial charge in [0.25, 0.3) is 0 Å². The Hall–Kier alpha value is -1.79. The van der Waals surface area contributed by atoms with E-state index in [1.807, 2.05) is 23.0 Å². The Morgan fingerprint density at radius 2 is 2.27 bits per heavy atom. The molecule has 142 valence electrons. The fourth-order valence-electron chi connectivity index (χ4n) is 3.22. The molecule has 3 rings (SSSR count). The van der Waals surface area contributed by atoms with Crippen molar-refractivity contribution in [3.63, 3.8) is 0 Å². The quantitative estimate of drug-likeness (QED) is 0.729. The number of carboxylic acid groups (broad SMARTS) is 1. The van der Waals surface area contributed by atoms with Crippen LogP contribution in [0.4, 0.5) is 5.69 Å². The van der Waals surface area contributed by atoms with E-state index >= 15 is 0 Å². The maximum atomic E-state index is 10.8. The van der Waals surface area contributed by atoms with Crippen LogP contribution in [-0.4, -0.2) is 34.0 Å². The summed E-state index contributed by atoms with van der Waals surface area (Å²) in [7, 11) is 0. The van der Waals surface area contributed by atoms with Crippen LogP contribution < -0.4 is 5.32 Å². The molecule has 1 atom stereocenters. The zero-order chi connectivity index (χ0) is 18.7. The van der Waals surface area contributed by atoms with Crippen LogP contribution in [0.25, 0.3) is 10.9 Å². The molecule has 1 unspecified atom stereocenters. The molecule has 0 amide bonds. The van der Waals surface area contributed by atoms with Gasteiger partial charge in [-0.15, -0.1) is 0 Å². The van der Waals surface area contributed by atoms with Gasteiger partial charge in [0.1, 0.15) is 0 Å². The Morgan fingerprint density at radius 3 is 2.96 bits per heavy atom. The van der Waals surface area contributed by atoms with Gasteiger partial charge in [0.05, 0.1) is 22.4 Å². The lowest BCUT2D eigenvalue weighted by atomic mass is 9.87. The maximum absolute atomic E-state index is 10.8. The average molecular weight is 380 g/mol. The Labute approximate surface area is 158 Å². The van der Waals surface area contributed by atoms with Crippen molar-refractivity contribution in [3.05, 3.63) is 23.4 Å². The molecule has 1 saturated heterocycles. The first kappa shape index (κ1) is 19.0. The van der Waals surface area contributed by atoms with E-state index in [1.54, 1.807) is 0 Å². The van der Waals surface area contributed by atoms with Gasteiger partial charge in [-0.3, -0.25) is 4.79 Å². The molecule has 2 heterocycles. The number of anilines is 1. The third kappa shape index (κ3) is 4.48. The first-order chi connectivity index (χ1) is 12.4. The van der Waals surface area contributed by atoms with Gasteiger partial charge in [-0.05, 0) is 43.2 Å². The summed E-state index contributed by atoms with van der Waals surface area (Å²) in [6, 6.07) is 3.92. The number of nitrogens with one attached hydrogen (secondary N) is 1. The molecule has 0 saturated carbocycles. The van der Waals surface area contributed by atoms with Crippen LogP contribution in [0.15, 0.2) is 18.3 Å². The van der Waals surface area contributed by atoms with Crippen molar-refractivity contribution < 1.29 is 14.6 Å². The number of aliphatic carboxylic acids is 1. The lowest BCUT2D eigenvalue weighted by Gasteiger charge is -2.26. The minimum absolute atomic E-state index is 0.0257.